The minimum Gasteiger partial charge on any atom is -0.293 e. The number of imidazole rings is 1. The fourth-order valence-corrected chi connectivity index (χ4v) is 6.47. The fourth-order valence-electron chi connectivity index (χ4n) is 4.64. The maximum Gasteiger partial charge on any atom is 0.330 e. The van der Waals surface area contributed by atoms with Gasteiger partial charge in [-0.1, -0.05) is 0 Å². The second-order valence-electron chi connectivity index (χ2n) is 8.68. The second-order valence-corrected chi connectivity index (χ2v) is 10.6. The Balaban J connectivity index is 1.52. The number of aromatic nitrogens is 5. The summed E-state index contributed by atoms with van der Waals surface area (Å²) in [7, 11) is -1.86. The van der Waals surface area contributed by atoms with E-state index in [0.717, 1.165) is 5.52 Å². The SMILES string of the molecule is Cc1nn(C(C)C)c(C)c1S(=O)(=O)N1CCC(Cn2c(=O)n(C)c3cccnc32)CC1. The lowest BCUT2D eigenvalue weighted by Crippen LogP contribution is -2.40. The molecule has 1 fully saturated rings. The van der Waals surface area contributed by atoms with Crippen LogP contribution in [-0.4, -0.2) is 49.7 Å². The number of sulfonamides is 1. The van der Waals surface area contributed by atoms with Crippen LogP contribution in [0.15, 0.2) is 28.0 Å². The molecule has 0 amide bonds. The lowest BCUT2D eigenvalue weighted by atomic mass is 9.98. The van der Waals surface area contributed by atoms with Crippen molar-refractivity contribution < 1.29 is 8.42 Å². The summed E-state index contributed by atoms with van der Waals surface area (Å²) in [5.74, 6) is 0.220. The minimum absolute atomic E-state index is 0.0869. The predicted molar refractivity (Wildman–Crippen MR) is 119 cm³/mol. The molecule has 1 aliphatic rings. The van der Waals surface area contributed by atoms with E-state index in [0.29, 0.717) is 54.4 Å². The van der Waals surface area contributed by atoms with E-state index >= 15 is 0 Å². The highest BCUT2D eigenvalue weighted by molar-refractivity contribution is 7.89. The van der Waals surface area contributed by atoms with E-state index in [-0.39, 0.29) is 17.6 Å². The van der Waals surface area contributed by atoms with E-state index in [1.165, 1.54) is 0 Å². The van der Waals surface area contributed by atoms with Crippen LogP contribution in [0.5, 0.6) is 0 Å². The molecule has 0 radical (unpaired) electrons. The summed E-state index contributed by atoms with van der Waals surface area (Å²) in [5.41, 5.74) is 2.62. The largest absolute Gasteiger partial charge is 0.330 e. The first kappa shape index (κ1) is 21.8. The maximum absolute atomic E-state index is 13.4. The van der Waals surface area contributed by atoms with Crippen molar-refractivity contribution in [2.24, 2.45) is 13.0 Å². The topological polar surface area (TPSA) is 95.0 Å². The molecule has 0 unspecified atom stereocenters. The average molecular weight is 447 g/mol. The third-order valence-corrected chi connectivity index (χ3v) is 8.41. The molecule has 0 N–H and O–H groups in total. The van der Waals surface area contributed by atoms with Gasteiger partial charge in [-0.25, -0.2) is 18.2 Å². The summed E-state index contributed by atoms with van der Waals surface area (Å²) in [4.78, 5) is 17.4. The van der Waals surface area contributed by atoms with Crippen molar-refractivity contribution in [3.63, 3.8) is 0 Å². The molecule has 1 aliphatic heterocycles. The molecule has 168 valence electrons. The second kappa shape index (κ2) is 7.90. The molecule has 3 aromatic heterocycles. The smallest absolute Gasteiger partial charge is 0.293 e. The molecular formula is C21H30N6O3S. The normalized spacial score (nSPS) is 16.6. The van der Waals surface area contributed by atoms with Gasteiger partial charge in [0.05, 0.1) is 16.9 Å². The van der Waals surface area contributed by atoms with Gasteiger partial charge in [-0.05, 0) is 58.6 Å². The van der Waals surface area contributed by atoms with Gasteiger partial charge in [0.2, 0.25) is 10.0 Å². The molecule has 0 atom stereocenters. The summed E-state index contributed by atoms with van der Waals surface area (Å²) >= 11 is 0. The molecule has 10 heteroatoms. The van der Waals surface area contributed by atoms with Gasteiger partial charge >= 0.3 is 5.69 Å². The first-order valence-corrected chi connectivity index (χ1v) is 12.1. The Morgan fingerprint density at radius 2 is 1.87 bits per heavy atom. The van der Waals surface area contributed by atoms with Crippen LogP contribution >= 0.6 is 0 Å². The van der Waals surface area contributed by atoms with Crippen LogP contribution in [0.4, 0.5) is 0 Å². The quantitative estimate of drug-likeness (QED) is 0.599. The fraction of sp³-hybridized carbons (Fsp3) is 0.571. The molecule has 0 bridgehead atoms. The van der Waals surface area contributed by atoms with Gasteiger partial charge in [0.1, 0.15) is 4.90 Å². The van der Waals surface area contributed by atoms with Gasteiger partial charge in [-0.15, -0.1) is 0 Å². The van der Waals surface area contributed by atoms with Crippen molar-refractivity contribution >= 4 is 21.2 Å². The van der Waals surface area contributed by atoms with Crippen LogP contribution in [0, 0.1) is 19.8 Å². The van der Waals surface area contributed by atoms with E-state index in [9.17, 15) is 13.2 Å². The standard InChI is InChI=1S/C21H30N6O3S/c1-14(2)27-16(4)19(15(3)23-27)31(29,30)25-11-8-17(9-12-25)13-26-20-18(7-6-10-22-20)24(5)21(26)28/h6-7,10,14,17H,8-9,11-13H2,1-5H3. The molecule has 1 saturated heterocycles. The highest BCUT2D eigenvalue weighted by Gasteiger charge is 2.34. The Bertz CT molecular complexity index is 1280. The van der Waals surface area contributed by atoms with Crippen LogP contribution in [0.3, 0.4) is 0 Å². The molecule has 0 aromatic carbocycles. The lowest BCUT2D eigenvalue weighted by Gasteiger charge is -2.31. The zero-order chi connectivity index (χ0) is 22.5. The molecule has 0 spiro atoms. The number of fused-ring (bicyclic) bond motifs is 1. The third kappa shape index (κ3) is 3.61. The number of nitrogens with zero attached hydrogens (tertiary/aromatic N) is 6. The van der Waals surface area contributed by atoms with Crippen LogP contribution in [0.1, 0.15) is 44.1 Å². The Hall–Kier alpha value is -2.46. The van der Waals surface area contributed by atoms with Crippen molar-refractivity contribution in [1.82, 2.24) is 28.2 Å². The Kier molecular flexibility index (Phi) is 5.55. The summed E-state index contributed by atoms with van der Waals surface area (Å²) in [6.45, 7) is 8.98. The Labute approximate surface area is 182 Å². The van der Waals surface area contributed by atoms with Gasteiger partial charge in [0, 0.05) is 38.9 Å². The van der Waals surface area contributed by atoms with E-state index in [1.54, 1.807) is 38.3 Å². The summed E-state index contributed by atoms with van der Waals surface area (Å²) < 4.78 is 33.4. The number of hydrogen-bond acceptors (Lipinski definition) is 5. The van der Waals surface area contributed by atoms with Gasteiger partial charge in [-0.3, -0.25) is 13.8 Å². The van der Waals surface area contributed by atoms with Crippen LogP contribution in [0.2, 0.25) is 0 Å². The Morgan fingerprint density at radius 3 is 2.48 bits per heavy atom. The first-order valence-electron chi connectivity index (χ1n) is 10.7. The summed E-state index contributed by atoms with van der Waals surface area (Å²) in [5, 5.41) is 4.45. The molecule has 4 rings (SSSR count). The van der Waals surface area contributed by atoms with Crippen LogP contribution in [0.25, 0.3) is 11.2 Å². The van der Waals surface area contributed by atoms with Crippen molar-refractivity contribution in [1.29, 1.82) is 0 Å². The molecular weight excluding hydrogens is 416 g/mol. The average Bonchev–Trinajstić information content (AvgIpc) is 3.17. The van der Waals surface area contributed by atoms with E-state index in [1.807, 2.05) is 32.9 Å². The number of aryl methyl sites for hydroxylation is 2. The number of pyridine rings is 1. The summed E-state index contributed by atoms with van der Waals surface area (Å²) in [6.07, 6.45) is 3.09. The van der Waals surface area contributed by atoms with Gasteiger partial charge < -0.3 is 0 Å². The zero-order valence-corrected chi connectivity index (χ0v) is 19.6. The number of rotatable bonds is 5. The van der Waals surface area contributed by atoms with Gasteiger partial charge in [0.15, 0.2) is 5.65 Å². The first-order chi connectivity index (χ1) is 14.6. The van der Waals surface area contributed by atoms with Gasteiger partial charge in [0.25, 0.3) is 0 Å². The van der Waals surface area contributed by atoms with E-state index < -0.39 is 10.0 Å². The van der Waals surface area contributed by atoms with E-state index in [4.69, 9.17) is 0 Å². The van der Waals surface area contributed by atoms with Crippen molar-refractivity contribution in [3.8, 4) is 0 Å². The van der Waals surface area contributed by atoms with Crippen molar-refractivity contribution in [2.45, 2.75) is 58.0 Å². The number of piperidine rings is 1. The lowest BCUT2D eigenvalue weighted by molar-refractivity contribution is 0.252. The molecule has 9 nitrogen and oxygen atoms in total. The molecule has 31 heavy (non-hydrogen) atoms. The maximum atomic E-state index is 13.4. The van der Waals surface area contributed by atoms with Crippen molar-refractivity contribution in [3.05, 3.63) is 40.2 Å². The zero-order valence-electron chi connectivity index (χ0n) is 18.7. The van der Waals surface area contributed by atoms with E-state index in [2.05, 4.69) is 10.1 Å². The van der Waals surface area contributed by atoms with Gasteiger partial charge in [-0.2, -0.15) is 9.40 Å². The number of hydrogen-bond donors (Lipinski definition) is 0. The molecule has 0 aliphatic carbocycles. The highest BCUT2D eigenvalue weighted by Crippen LogP contribution is 2.29. The summed E-state index contributed by atoms with van der Waals surface area (Å²) in [6, 6.07) is 3.80. The molecule has 4 heterocycles. The molecule has 0 saturated carbocycles. The van der Waals surface area contributed by atoms with Crippen LogP contribution in [-0.2, 0) is 23.6 Å². The predicted octanol–water partition coefficient (Wildman–Crippen LogP) is 2.23. The van der Waals surface area contributed by atoms with Crippen LogP contribution < -0.4 is 5.69 Å². The third-order valence-electron chi connectivity index (χ3n) is 6.26. The van der Waals surface area contributed by atoms with Crippen molar-refractivity contribution in [2.75, 3.05) is 13.1 Å². The monoisotopic (exact) mass is 446 g/mol. The molecule has 3 aromatic rings. The highest BCUT2D eigenvalue weighted by atomic mass is 32.2. The minimum atomic E-state index is -3.61. The Morgan fingerprint density at radius 1 is 1.19 bits per heavy atom.